The predicted molar refractivity (Wildman–Crippen MR) is 101 cm³/mol. The van der Waals surface area contributed by atoms with E-state index in [-0.39, 0.29) is 17.6 Å². The first kappa shape index (κ1) is 17.9. The minimum Gasteiger partial charge on any atom is -0.326 e. The summed E-state index contributed by atoms with van der Waals surface area (Å²) < 4.78 is 25.3. The third kappa shape index (κ3) is 4.02. The summed E-state index contributed by atoms with van der Waals surface area (Å²) in [4.78, 5) is 23.5. The van der Waals surface area contributed by atoms with Crippen molar-refractivity contribution in [3.8, 4) is 0 Å². The van der Waals surface area contributed by atoms with Crippen LogP contribution in [0, 0.1) is 0 Å². The molecule has 0 atom stereocenters. The number of nitrogens with zero attached hydrogens (tertiary/aromatic N) is 1. The van der Waals surface area contributed by atoms with Crippen molar-refractivity contribution in [3.63, 3.8) is 0 Å². The van der Waals surface area contributed by atoms with Gasteiger partial charge in [-0.05, 0) is 48.9 Å². The monoisotopic (exact) mass is 373 g/mol. The molecule has 1 aliphatic rings. The lowest BCUT2D eigenvalue weighted by Gasteiger charge is -2.17. The molecular formula is C18H19N3O4S. The molecule has 0 unspecified atom stereocenters. The topological polar surface area (TPSA) is 95.6 Å². The lowest BCUT2D eigenvalue weighted by atomic mass is 10.2. The standard InChI is InChI=1S/C18H19N3O4S/c1-13(22)19-15-4-2-5-16(12-15)20-18(23)14-6-8-17(9-7-14)21-10-3-11-26(21,24)25/h2,4-9,12H,3,10-11H2,1H3,(H,19,22)(H,20,23). The van der Waals surface area contributed by atoms with Crippen LogP contribution in [0.4, 0.5) is 17.1 Å². The highest BCUT2D eigenvalue weighted by Gasteiger charge is 2.28. The zero-order valence-corrected chi connectivity index (χ0v) is 15.0. The van der Waals surface area contributed by atoms with E-state index in [1.54, 1.807) is 48.5 Å². The van der Waals surface area contributed by atoms with Gasteiger partial charge in [0.1, 0.15) is 0 Å². The molecule has 7 nitrogen and oxygen atoms in total. The van der Waals surface area contributed by atoms with Crippen LogP contribution in [-0.4, -0.2) is 32.5 Å². The lowest BCUT2D eigenvalue weighted by molar-refractivity contribution is -0.114. The molecule has 1 aliphatic heterocycles. The number of rotatable bonds is 4. The average molecular weight is 373 g/mol. The Kier molecular flexibility index (Phi) is 4.94. The summed E-state index contributed by atoms with van der Waals surface area (Å²) in [6.07, 6.45) is 0.606. The van der Waals surface area contributed by atoms with Gasteiger partial charge in [0, 0.05) is 30.4 Å². The summed E-state index contributed by atoms with van der Waals surface area (Å²) in [7, 11) is -3.24. The van der Waals surface area contributed by atoms with Crippen LogP contribution >= 0.6 is 0 Å². The molecule has 2 aromatic rings. The quantitative estimate of drug-likeness (QED) is 0.860. The molecule has 2 amide bonds. The summed E-state index contributed by atoms with van der Waals surface area (Å²) in [6.45, 7) is 1.87. The second-order valence-electron chi connectivity index (χ2n) is 6.00. The molecule has 26 heavy (non-hydrogen) atoms. The van der Waals surface area contributed by atoms with Crippen LogP contribution in [-0.2, 0) is 14.8 Å². The van der Waals surface area contributed by atoms with Crippen molar-refractivity contribution >= 4 is 38.9 Å². The fourth-order valence-electron chi connectivity index (χ4n) is 2.79. The van der Waals surface area contributed by atoms with Gasteiger partial charge in [-0.1, -0.05) is 6.07 Å². The molecular weight excluding hydrogens is 354 g/mol. The lowest BCUT2D eigenvalue weighted by Crippen LogP contribution is -2.25. The summed E-state index contributed by atoms with van der Waals surface area (Å²) in [5.41, 5.74) is 2.11. The van der Waals surface area contributed by atoms with Crippen molar-refractivity contribution in [1.82, 2.24) is 0 Å². The first-order valence-electron chi connectivity index (χ1n) is 8.15. The van der Waals surface area contributed by atoms with E-state index in [1.807, 2.05) is 0 Å². The summed E-state index contributed by atoms with van der Waals surface area (Å²) in [5, 5.41) is 5.41. The van der Waals surface area contributed by atoms with Crippen LogP contribution in [0.25, 0.3) is 0 Å². The summed E-state index contributed by atoms with van der Waals surface area (Å²) in [6, 6.07) is 13.3. The van der Waals surface area contributed by atoms with Gasteiger partial charge in [0.25, 0.3) is 5.91 Å². The highest BCUT2D eigenvalue weighted by molar-refractivity contribution is 7.93. The Labute approximate surface area is 152 Å². The smallest absolute Gasteiger partial charge is 0.255 e. The van der Waals surface area contributed by atoms with E-state index in [4.69, 9.17) is 0 Å². The van der Waals surface area contributed by atoms with E-state index < -0.39 is 10.0 Å². The van der Waals surface area contributed by atoms with Gasteiger partial charge < -0.3 is 10.6 Å². The molecule has 136 valence electrons. The van der Waals surface area contributed by atoms with Gasteiger partial charge >= 0.3 is 0 Å². The molecule has 0 bridgehead atoms. The number of carbonyl (C=O) groups excluding carboxylic acids is 2. The van der Waals surface area contributed by atoms with Crippen molar-refractivity contribution in [3.05, 3.63) is 54.1 Å². The van der Waals surface area contributed by atoms with Gasteiger partial charge in [-0.25, -0.2) is 8.42 Å². The molecule has 1 saturated heterocycles. The molecule has 0 radical (unpaired) electrons. The van der Waals surface area contributed by atoms with E-state index in [0.29, 0.717) is 35.6 Å². The van der Waals surface area contributed by atoms with Gasteiger partial charge in [-0.3, -0.25) is 13.9 Å². The van der Waals surface area contributed by atoms with Crippen LogP contribution in [0.2, 0.25) is 0 Å². The van der Waals surface area contributed by atoms with Gasteiger partial charge in [0.2, 0.25) is 15.9 Å². The highest BCUT2D eigenvalue weighted by Crippen LogP contribution is 2.24. The number of sulfonamides is 1. The number of hydrogen-bond acceptors (Lipinski definition) is 4. The van der Waals surface area contributed by atoms with Gasteiger partial charge in [0.05, 0.1) is 11.4 Å². The molecule has 1 fully saturated rings. The number of hydrogen-bond donors (Lipinski definition) is 2. The molecule has 0 spiro atoms. The second-order valence-corrected chi connectivity index (χ2v) is 8.02. The summed E-state index contributed by atoms with van der Waals surface area (Å²) in [5.74, 6) is -0.360. The molecule has 8 heteroatoms. The minimum atomic E-state index is -3.24. The fraction of sp³-hybridized carbons (Fsp3) is 0.222. The maximum absolute atomic E-state index is 12.4. The molecule has 1 heterocycles. The van der Waals surface area contributed by atoms with E-state index in [9.17, 15) is 18.0 Å². The molecule has 0 aliphatic carbocycles. The third-order valence-electron chi connectivity index (χ3n) is 3.96. The number of anilines is 3. The SMILES string of the molecule is CC(=O)Nc1cccc(NC(=O)c2ccc(N3CCCS3(=O)=O)cc2)c1. The average Bonchev–Trinajstić information content (AvgIpc) is 2.94. The van der Waals surface area contributed by atoms with Crippen LogP contribution in [0.5, 0.6) is 0 Å². The summed E-state index contributed by atoms with van der Waals surface area (Å²) >= 11 is 0. The third-order valence-corrected chi connectivity index (χ3v) is 5.83. The van der Waals surface area contributed by atoms with Crippen LogP contribution < -0.4 is 14.9 Å². The Morgan fingerprint density at radius 1 is 1.00 bits per heavy atom. The van der Waals surface area contributed by atoms with E-state index >= 15 is 0 Å². The van der Waals surface area contributed by atoms with E-state index in [1.165, 1.54) is 11.2 Å². The Morgan fingerprint density at radius 3 is 2.23 bits per heavy atom. The van der Waals surface area contributed by atoms with Crippen LogP contribution in [0.3, 0.4) is 0 Å². The number of nitrogens with one attached hydrogen (secondary N) is 2. The molecule has 0 aromatic heterocycles. The van der Waals surface area contributed by atoms with Crippen molar-refractivity contribution in [2.75, 3.05) is 27.2 Å². The number of carbonyl (C=O) groups is 2. The Balaban J connectivity index is 1.72. The van der Waals surface area contributed by atoms with Gasteiger partial charge in [0.15, 0.2) is 0 Å². The predicted octanol–water partition coefficient (Wildman–Crippen LogP) is 2.44. The van der Waals surface area contributed by atoms with E-state index in [2.05, 4.69) is 10.6 Å². The highest BCUT2D eigenvalue weighted by atomic mass is 32.2. The maximum atomic E-state index is 12.4. The number of amides is 2. The molecule has 0 saturated carbocycles. The normalized spacial score (nSPS) is 15.5. The van der Waals surface area contributed by atoms with Crippen molar-refractivity contribution < 1.29 is 18.0 Å². The molecule has 3 rings (SSSR count). The minimum absolute atomic E-state index is 0.153. The Hall–Kier alpha value is -2.87. The molecule has 2 N–H and O–H groups in total. The molecule has 2 aromatic carbocycles. The van der Waals surface area contributed by atoms with E-state index in [0.717, 1.165) is 0 Å². The van der Waals surface area contributed by atoms with Crippen molar-refractivity contribution in [1.29, 1.82) is 0 Å². The van der Waals surface area contributed by atoms with Gasteiger partial charge in [-0.15, -0.1) is 0 Å². The van der Waals surface area contributed by atoms with Gasteiger partial charge in [-0.2, -0.15) is 0 Å². The second kappa shape index (κ2) is 7.17. The largest absolute Gasteiger partial charge is 0.326 e. The number of benzene rings is 2. The Morgan fingerprint density at radius 2 is 1.65 bits per heavy atom. The van der Waals surface area contributed by atoms with Crippen LogP contribution in [0.1, 0.15) is 23.7 Å². The van der Waals surface area contributed by atoms with Crippen molar-refractivity contribution in [2.45, 2.75) is 13.3 Å². The first-order valence-corrected chi connectivity index (χ1v) is 9.75. The van der Waals surface area contributed by atoms with Crippen LogP contribution in [0.15, 0.2) is 48.5 Å². The first-order chi connectivity index (χ1) is 12.3. The Bertz CT molecular complexity index is 939. The maximum Gasteiger partial charge on any atom is 0.255 e. The zero-order chi connectivity index (χ0) is 18.7. The fourth-order valence-corrected chi connectivity index (χ4v) is 4.35. The van der Waals surface area contributed by atoms with Crippen molar-refractivity contribution in [2.24, 2.45) is 0 Å². The zero-order valence-electron chi connectivity index (χ0n) is 14.2.